The van der Waals surface area contributed by atoms with Gasteiger partial charge in [-0.25, -0.2) is 4.98 Å². The maximum atomic E-state index is 12.6. The molecule has 0 spiro atoms. The van der Waals surface area contributed by atoms with E-state index in [1.165, 1.54) is 11.1 Å². The van der Waals surface area contributed by atoms with Crippen LogP contribution in [0.15, 0.2) is 45.1 Å². The zero-order chi connectivity index (χ0) is 21.7. The fourth-order valence-corrected chi connectivity index (χ4v) is 5.75. The SMILES string of the molecule is O=c1cnc2ccc(=O)n3c2n1CC3CN1CCC(NCc2cc3c(cn2)OCS3)CC1. The first-order chi connectivity index (χ1) is 15.7. The molecule has 6 rings (SSSR count). The summed E-state index contributed by atoms with van der Waals surface area (Å²) in [6.07, 6.45) is 5.25. The van der Waals surface area contributed by atoms with Gasteiger partial charge in [0.05, 0.1) is 29.0 Å². The average molecular weight is 453 g/mol. The Morgan fingerprint density at radius 3 is 2.88 bits per heavy atom. The highest BCUT2D eigenvalue weighted by molar-refractivity contribution is 7.99. The number of hydrogen-bond donors (Lipinski definition) is 1. The van der Waals surface area contributed by atoms with E-state index in [4.69, 9.17) is 4.74 Å². The molecule has 3 aromatic heterocycles. The van der Waals surface area contributed by atoms with Crippen molar-refractivity contribution in [3.05, 3.63) is 57.0 Å². The summed E-state index contributed by atoms with van der Waals surface area (Å²) < 4.78 is 8.95. The molecule has 1 N–H and O–H groups in total. The van der Waals surface area contributed by atoms with Crippen LogP contribution in [0.3, 0.4) is 0 Å². The smallest absolute Gasteiger partial charge is 0.270 e. The Morgan fingerprint density at radius 1 is 1.12 bits per heavy atom. The van der Waals surface area contributed by atoms with E-state index >= 15 is 0 Å². The first kappa shape index (κ1) is 20.0. The van der Waals surface area contributed by atoms with Gasteiger partial charge in [0.15, 0.2) is 5.75 Å². The van der Waals surface area contributed by atoms with E-state index in [1.807, 2.05) is 6.20 Å². The van der Waals surface area contributed by atoms with Crippen LogP contribution < -0.4 is 21.2 Å². The van der Waals surface area contributed by atoms with Crippen molar-refractivity contribution in [2.24, 2.45) is 0 Å². The lowest BCUT2D eigenvalue weighted by Gasteiger charge is -2.34. The van der Waals surface area contributed by atoms with Gasteiger partial charge in [0.25, 0.3) is 11.1 Å². The van der Waals surface area contributed by atoms with Crippen LogP contribution in [0.2, 0.25) is 0 Å². The highest BCUT2D eigenvalue weighted by Crippen LogP contribution is 2.35. The highest BCUT2D eigenvalue weighted by atomic mass is 32.2. The number of piperidine rings is 1. The Balaban J connectivity index is 1.07. The van der Waals surface area contributed by atoms with Gasteiger partial charge in [-0.2, -0.15) is 0 Å². The maximum absolute atomic E-state index is 12.6. The predicted molar refractivity (Wildman–Crippen MR) is 121 cm³/mol. The number of likely N-dealkylation sites (tertiary alicyclic amines) is 1. The molecule has 9 nitrogen and oxygen atoms in total. The second kappa shape index (κ2) is 8.02. The monoisotopic (exact) mass is 452 g/mol. The summed E-state index contributed by atoms with van der Waals surface area (Å²) in [4.78, 5) is 37.1. The summed E-state index contributed by atoms with van der Waals surface area (Å²) in [6.45, 7) is 3.97. The Kier molecular flexibility index (Phi) is 5.00. The summed E-state index contributed by atoms with van der Waals surface area (Å²) in [7, 11) is 0. The van der Waals surface area contributed by atoms with Gasteiger partial charge in [-0.15, -0.1) is 0 Å². The first-order valence-electron chi connectivity index (χ1n) is 11.0. The van der Waals surface area contributed by atoms with E-state index in [0.717, 1.165) is 50.5 Å². The van der Waals surface area contributed by atoms with Crippen molar-refractivity contribution in [2.45, 2.75) is 42.9 Å². The number of thioether (sulfide) groups is 1. The summed E-state index contributed by atoms with van der Waals surface area (Å²) in [5.74, 6) is 1.55. The van der Waals surface area contributed by atoms with E-state index in [2.05, 4.69) is 26.3 Å². The van der Waals surface area contributed by atoms with Crippen LogP contribution in [0.5, 0.6) is 5.75 Å². The van der Waals surface area contributed by atoms with Gasteiger partial charge in [0.1, 0.15) is 17.1 Å². The van der Waals surface area contributed by atoms with Crippen LogP contribution in [0.25, 0.3) is 11.2 Å². The fraction of sp³-hybridized carbons (Fsp3) is 0.455. The van der Waals surface area contributed by atoms with Crippen LogP contribution >= 0.6 is 11.8 Å². The minimum Gasteiger partial charge on any atom is -0.480 e. The number of ether oxygens (including phenoxy) is 1. The standard InChI is InChI=1S/C22H24N6O3S/c29-20-2-1-17-22-27(21(30)10-25-17)12-16(28(20)22)11-26-5-3-14(4-6-26)23-8-15-7-19-18(9-24-15)31-13-32-19/h1-2,7,9-10,14,16,23H,3-6,8,11-13H2. The number of aromatic nitrogens is 4. The summed E-state index contributed by atoms with van der Waals surface area (Å²) in [6, 6.07) is 5.77. The molecule has 0 aliphatic carbocycles. The topological polar surface area (TPSA) is 94.3 Å². The quantitative estimate of drug-likeness (QED) is 0.617. The summed E-state index contributed by atoms with van der Waals surface area (Å²) in [5, 5.41) is 3.64. The number of fused-ring (bicyclic) bond motifs is 1. The molecule has 0 saturated carbocycles. The van der Waals surface area contributed by atoms with Gasteiger partial charge in [0, 0.05) is 31.7 Å². The van der Waals surface area contributed by atoms with Crippen molar-refractivity contribution >= 4 is 22.9 Å². The van der Waals surface area contributed by atoms with Crippen LogP contribution in [-0.2, 0) is 13.1 Å². The molecule has 32 heavy (non-hydrogen) atoms. The van der Waals surface area contributed by atoms with Crippen LogP contribution in [0.4, 0.5) is 0 Å². The van der Waals surface area contributed by atoms with Crippen LogP contribution in [0, 0.1) is 0 Å². The molecule has 6 heterocycles. The molecule has 0 amide bonds. The molecule has 0 bridgehead atoms. The minimum absolute atomic E-state index is 0.0389. The molecule has 1 saturated heterocycles. The van der Waals surface area contributed by atoms with E-state index in [-0.39, 0.29) is 17.2 Å². The Hall–Kier alpha value is -2.69. The van der Waals surface area contributed by atoms with Gasteiger partial charge in [-0.1, -0.05) is 11.8 Å². The number of rotatable bonds is 5. The third kappa shape index (κ3) is 3.52. The number of pyridine rings is 2. The molecule has 0 radical (unpaired) electrons. The van der Waals surface area contributed by atoms with Crippen molar-refractivity contribution in [1.29, 1.82) is 0 Å². The average Bonchev–Trinajstić information content (AvgIpc) is 3.43. The third-order valence-electron chi connectivity index (χ3n) is 6.62. The van der Waals surface area contributed by atoms with Gasteiger partial charge in [0.2, 0.25) is 0 Å². The van der Waals surface area contributed by atoms with Gasteiger partial charge in [-0.05, 0) is 38.1 Å². The number of nitrogens with zero attached hydrogens (tertiary/aromatic N) is 5. The Bertz CT molecular complexity index is 1290. The highest BCUT2D eigenvalue weighted by Gasteiger charge is 2.29. The summed E-state index contributed by atoms with van der Waals surface area (Å²) >= 11 is 1.71. The van der Waals surface area contributed by atoms with Gasteiger partial charge < -0.3 is 15.0 Å². The molecule has 3 aromatic rings. The molecule has 3 aliphatic rings. The van der Waals surface area contributed by atoms with Gasteiger partial charge >= 0.3 is 0 Å². The molecule has 1 atom stereocenters. The Labute approximate surface area is 188 Å². The summed E-state index contributed by atoms with van der Waals surface area (Å²) in [5.41, 5.74) is 2.17. The molecule has 0 aromatic carbocycles. The normalized spacial score (nSPS) is 20.6. The molecule has 166 valence electrons. The maximum Gasteiger partial charge on any atom is 0.270 e. The van der Waals surface area contributed by atoms with E-state index < -0.39 is 0 Å². The van der Waals surface area contributed by atoms with Crippen molar-refractivity contribution in [3.63, 3.8) is 0 Å². The van der Waals surface area contributed by atoms with E-state index in [0.29, 0.717) is 29.7 Å². The molecular formula is C22H24N6O3S. The lowest BCUT2D eigenvalue weighted by Crippen LogP contribution is -2.44. The number of nitrogens with one attached hydrogen (secondary N) is 1. The lowest BCUT2D eigenvalue weighted by atomic mass is 10.0. The first-order valence-corrected chi connectivity index (χ1v) is 12.0. The van der Waals surface area contributed by atoms with E-state index in [1.54, 1.807) is 33.0 Å². The predicted octanol–water partition coefficient (Wildman–Crippen LogP) is 1.20. The van der Waals surface area contributed by atoms with E-state index in [9.17, 15) is 9.59 Å². The molecule has 10 heteroatoms. The largest absolute Gasteiger partial charge is 0.480 e. The van der Waals surface area contributed by atoms with Crippen molar-refractivity contribution in [2.75, 3.05) is 25.6 Å². The molecule has 1 unspecified atom stereocenters. The third-order valence-corrected chi connectivity index (χ3v) is 7.48. The molecular weight excluding hydrogens is 428 g/mol. The fourth-order valence-electron chi connectivity index (χ4n) is 4.97. The number of hydrogen-bond acceptors (Lipinski definition) is 8. The van der Waals surface area contributed by atoms with Crippen LogP contribution in [-0.4, -0.2) is 55.6 Å². The zero-order valence-corrected chi connectivity index (χ0v) is 18.4. The Morgan fingerprint density at radius 2 is 2.00 bits per heavy atom. The van der Waals surface area contributed by atoms with Gasteiger partial charge in [-0.3, -0.25) is 23.7 Å². The zero-order valence-electron chi connectivity index (χ0n) is 17.6. The second-order valence-electron chi connectivity index (χ2n) is 8.60. The molecule has 3 aliphatic heterocycles. The minimum atomic E-state index is -0.146. The second-order valence-corrected chi connectivity index (χ2v) is 9.56. The lowest BCUT2D eigenvalue weighted by molar-refractivity contribution is 0.171. The molecule has 1 fully saturated rings. The van der Waals surface area contributed by atoms with Crippen molar-refractivity contribution in [3.8, 4) is 5.75 Å². The van der Waals surface area contributed by atoms with Crippen molar-refractivity contribution < 1.29 is 4.74 Å². The van der Waals surface area contributed by atoms with Crippen LogP contribution in [0.1, 0.15) is 24.6 Å². The van der Waals surface area contributed by atoms with Crippen molar-refractivity contribution in [1.82, 2.24) is 29.3 Å².